The number of rotatable bonds is 6. The molecule has 0 rings (SSSR count). The fourth-order valence-corrected chi connectivity index (χ4v) is 0.702. The summed E-state index contributed by atoms with van der Waals surface area (Å²) in [4.78, 5) is 10.8. The third kappa shape index (κ3) is 8.98. The molecule has 0 aromatic rings. The van der Waals surface area contributed by atoms with E-state index in [1.54, 1.807) is 0 Å². The monoisotopic (exact) mass is 192 g/mol. The lowest BCUT2D eigenvalue weighted by Crippen LogP contribution is -2.04. The molecule has 0 heterocycles. The van der Waals surface area contributed by atoms with Gasteiger partial charge in [0, 0.05) is 6.42 Å². The van der Waals surface area contributed by atoms with Crippen LogP contribution in [0.15, 0.2) is 12.2 Å². The van der Waals surface area contributed by atoms with Gasteiger partial charge in [-0.25, -0.2) is 0 Å². The Bertz CT molecular complexity index is 174. The number of ether oxygens (including phenoxy) is 1. The zero-order valence-corrected chi connectivity index (χ0v) is 7.69. The topological polar surface area (TPSA) is 26.3 Å². The Hall–Kier alpha value is -0.930. The van der Waals surface area contributed by atoms with Crippen molar-refractivity contribution in [2.75, 3.05) is 6.61 Å². The van der Waals surface area contributed by atoms with Gasteiger partial charge in [0.05, 0.1) is 6.61 Å². The molecule has 0 bridgehead atoms. The van der Waals surface area contributed by atoms with Gasteiger partial charge in [0.15, 0.2) is 0 Å². The van der Waals surface area contributed by atoms with Gasteiger partial charge in [0.25, 0.3) is 6.08 Å². The number of carbonyl (C=O) groups is 1. The fraction of sp³-hybridized carbons (Fsp3) is 0.667. The van der Waals surface area contributed by atoms with Crippen molar-refractivity contribution < 1.29 is 18.3 Å². The summed E-state index contributed by atoms with van der Waals surface area (Å²) in [6.45, 7) is 2.37. The summed E-state index contributed by atoms with van der Waals surface area (Å²) in [6, 6.07) is 0. The highest BCUT2D eigenvalue weighted by atomic mass is 19.3. The van der Waals surface area contributed by atoms with E-state index in [4.69, 9.17) is 4.74 Å². The molecular formula is C9H14F2O2. The number of allylic oxidation sites excluding steroid dienone is 1. The molecule has 4 heteroatoms. The Labute approximate surface area is 76.6 Å². The lowest BCUT2D eigenvalue weighted by Gasteiger charge is -2.01. The van der Waals surface area contributed by atoms with E-state index in [2.05, 4.69) is 0 Å². The number of hydrogen-bond acceptors (Lipinski definition) is 2. The van der Waals surface area contributed by atoms with E-state index in [9.17, 15) is 13.6 Å². The van der Waals surface area contributed by atoms with Gasteiger partial charge in [-0.15, -0.1) is 0 Å². The van der Waals surface area contributed by atoms with E-state index in [0.29, 0.717) is 6.61 Å². The maximum absolute atomic E-state index is 11.5. The van der Waals surface area contributed by atoms with Gasteiger partial charge in [-0.1, -0.05) is 13.3 Å². The maximum atomic E-state index is 11.5. The summed E-state index contributed by atoms with van der Waals surface area (Å²) in [5.74, 6) is -0.411. The first-order valence-electron chi connectivity index (χ1n) is 4.33. The molecule has 2 nitrogen and oxygen atoms in total. The van der Waals surface area contributed by atoms with Crippen LogP contribution in [0.3, 0.4) is 0 Å². The number of halogens is 2. The van der Waals surface area contributed by atoms with E-state index in [1.807, 2.05) is 6.92 Å². The molecule has 0 amide bonds. The number of unbranched alkanes of at least 4 members (excludes halogenated alkanes) is 1. The van der Waals surface area contributed by atoms with Gasteiger partial charge >= 0.3 is 5.97 Å². The van der Waals surface area contributed by atoms with Crippen LogP contribution in [0, 0.1) is 0 Å². The molecule has 0 N–H and O–H groups in total. The summed E-state index contributed by atoms with van der Waals surface area (Å²) < 4.78 is 27.8. The second kappa shape index (κ2) is 7.71. The van der Waals surface area contributed by atoms with Crippen molar-refractivity contribution in [3.05, 3.63) is 12.2 Å². The van der Waals surface area contributed by atoms with Crippen molar-refractivity contribution in [1.82, 2.24) is 0 Å². The Kier molecular flexibility index (Phi) is 7.15. The van der Waals surface area contributed by atoms with Crippen LogP contribution in [-0.2, 0) is 9.53 Å². The van der Waals surface area contributed by atoms with Crippen LogP contribution in [0.4, 0.5) is 8.78 Å². The first-order valence-corrected chi connectivity index (χ1v) is 4.33. The molecule has 13 heavy (non-hydrogen) atoms. The molecule has 0 unspecified atom stereocenters. The smallest absolute Gasteiger partial charge is 0.306 e. The minimum absolute atomic E-state index is 0.0288. The molecule has 0 aromatic carbocycles. The average Bonchev–Trinajstić information content (AvgIpc) is 2.04. The molecule has 0 aliphatic heterocycles. The number of hydrogen-bond donors (Lipinski definition) is 0. The van der Waals surface area contributed by atoms with Crippen LogP contribution in [0.1, 0.15) is 32.6 Å². The highest BCUT2D eigenvalue weighted by Gasteiger charge is 2.00. The van der Waals surface area contributed by atoms with Crippen LogP contribution in [0.25, 0.3) is 0 Å². The zero-order chi connectivity index (χ0) is 10.1. The summed E-state index contributed by atoms with van der Waals surface area (Å²) in [5, 5.41) is 0. The van der Waals surface area contributed by atoms with Crippen molar-refractivity contribution >= 4 is 5.97 Å². The second-order valence-electron chi connectivity index (χ2n) is 2.61. The molecule has 0 saturated carbocycles. The Morgan fingerprint density at radius 2 is 2.15 bits per heavy atom. The predicted octanol–water partition coefficient (Wildman–Crippen LogP) is 2.89. The molecule has 0 aliphatic carbocycles. The van der Waals surface area contributed by atoms with Crippen molar-refractivity contribution in [2.24, 2.45) is 0 Å². The van der Waals surface area contributed by atoms with Crippen LogP contribution in [0.2, 0.25) is 0 Å². The molecule has 0 atom stereocenters. The van der Waals surface area contributed by atoms with Crippen molar-refractivity contribution in [3.63, 3.8) is 0 Å². The molecule has 0 spiro atoms. The summed E-state index contributed by atoms with van der Waals surface area (Å²) in [7, 11) is 0. The minimum atomic E-state index is -1.75. The highest BCUT2D eigenvalue weighted by molar-refractivity contribution is 5.69. The lowest BCUT2D eigenvalue weighted by atomic mass is 10.3. The third-order valence-corrected chi connectivity index (χ3v) is 1.41. The Morgan fingerprint density at radius 1 is 1.46 bits per heavy atom. The van der Waals surface area contributed by atoms with Crippen molar-refractivity contribution in [1.29, 1.82) is 0 Å². The van der Waals surface area contributed by atoms with Gasteiger partial charge in [-0.05, 0) is 18.9 Å². The van der Waals surface area contributed by atoms with E-state index in [-0.39, 0.29) is 12.8 Å². The average molecular weight is 192 g/mol. The zero-order valence-electron chi connectivity index (χ0n) is 7.69. The van der Waals surface area contributed by atoms with E-state index in [0.717, 1.165) is 18.9 Å². The lowest BCUT2D eigenvalue weighted by molar-refractivity contribution is -0.143. The largest absolute Gasteiger partial charge is 0.466 e. The van der Waals surface area contributed by atoms with Crippen molar-refractivity contribution in [2.45, 2.75) is 32.6 Å². The second-order valence-corrected chi connectivity index (χ2v) is 2.61. The van der Waals surface area contributed by atoms with E-state index < -0.39 is 12.0 Å². The quantitative estimate of drug-likeness (QED) is 0.477. The van der Waals surface area contributed by atoms with Crippen molar-refractivity contribution in [3.8, 4) is 0 Å². The first-order chi connectivity index (χ1) is 6.16. The van der Waals surface area contributed by atoms with Crippen LogP contribution in [0.5, 0.6) is 0 Å². The van der Waals surface area contributed by atoms with E-state index >= 15 is 0 Å². The van der Waals surface area contributed by atoms with Gasteiger partial charge in [-0.2, -0.15) is 8.78 Å². The van der Waals surface area contributed by atoms with Gasteiger partial charge in [-0.3, -0.25) is 4.79 Å². The Morgan fingerprint density at radius 3 is 2.69 bits per heavy atom. The molecular weight excluding hydrogens is 178 g/mol. The maximum Gasteiger partial charge on any atom is 0.306 e. The van der Waals surface area contributed by atoms with Crippen LogP contribution < -0.4 is 0 Å². The molecule has 0 fully saturated rings. The van der Waals surface area contributed by atoms with E-state index in [1.165, 1.54) is 0 Å². The predicted molar refractivity (Wildman–Crippen MR) is 45.4 cm³/mol. The van der Waals surface area contributed by atoms with Gasteiger partial charge < -0.3 is 4.74 Å². The molecule has 0 saturated heterocycles. The van der Waals surface area contributed by atoms with Gasteiger partial charge in [0.1, 0.15) is 0 Å². The van der Waals surface area contributed by atoms with Crippen LogP contribution >= 0.6 is 0 Å². The first kappa shape index (κ1) is 12.1. The minimum Gasteiger partial charge on any atom is -0.466 e. The standard InChI is InChI=1S/C9H14F2O2/c1-2-3-7-13-9(12)6-4-5-8(10)11/h5H,2-4,6-7H2,1H3. The highest BCUT2D eigenvalue weighted by Crippen LogP contribution is 2.02. The molecule has 0 aromatic heterocycles. The summed E-state index contributed by atoms with van der Waals surface area (Å²) in [5.41, 5.74) is 0. The SMILES string of the molecule is CCCCOC(=O)CCC=C(F)F. The molecule has 0 radical (unpaired) electrons. The summed E-state index contributed by atoms with van der Waals surface area (Å²) >= 11 is 0. The number of esters is 1. The van der Waals surface area contributed by atoms with Crippen LogP contribution in [-0.4, -0.2) is 12.6 Å². The normalized spacial score (nSPS) is 9.46. The Balaban J connectivity index is 3.36. The molecule has 0 aliphatic rings. The van der Waals surface area contributed by atoms with Gasteiger partial charge in [0.2, 0.25) is 0 Å². The summed E-state index contributed by atoms with van der Waals surface area (Å²) in [6.07, 6.45) is 0.821. The molecule has 76 valence electrons. The number of carbonyl (C=O) groups excluding carboxylic acids is 1. The third-order valence-electron chi connectivity index (χ3n) is 1.41. The fourth-order valence-electron chi connectivity index (χ4n) is 0.702.